The number of allylic oxidation sites excluding steroid dienone is 2. The third-order valence-corrected chi connectivity index (χ3v) is 0.888. The standard InChI is InChI=1S/C5H10O3.C3H8O2.2C3H6/c1-5(6)8-4-3-7-2;1-5-3-2-4;2*1-3-2/h3-4H2,1-2H3;4H,2-3H2,1H3;2*3H,1H2,2H3. The van der Waals surface area contributed by atoms with Crippen LogP contribution in [0.1, 0.15) is 20.8 Å². The zero-order chi connectivity index (χ0) is 15.9. The van der Waals surface area contributed by atoms with Gasteiger partial charge in [0.15, 0.2) is 0 Å². The molecule has 0 saturated carbocycles. The van der Waals surface area contributed by atoms with E-state index in [1.54, 1.807) is 26.4 Å². The second-order valence-electron chi connectivity index (χ2n) is 2.87. The molecule has 0 aliphatic rings. The van der Waals surface area contributed by atoms with Crippen molar-refractivity contribution >= 4 is 5.97 Å². The summed E-state index contributed by atoms with van der Waals surface area (Å²) >= 11 is 0. The van der Waals surface area contributed by atoms with Crippen LogP contribution in [0, 0.1) is 0 Å². The van der Waals surface area contributed by atoms with E-state index in [1.807, 2.05) is 13.8 Å². The fourth-order valence-electron chi connectivity index (χ4n) is 0.360. The molecule has 116 valence electrons. The first kappa shape index (κ1) is 26.4. The van der Waals surface area contributed by atoms with Gasteiger partial charge >= 0.3 is 5.97 Å². The Morgan fingerprint density at radius 2 is 1.42 bits per heavy atom. The van der Waals surface area contributed by atoms with E-state index in [-0.39, 0.29) is 12.6 Å². The largest absolute Gasteiger partial charge is 0.463 e. The average molecular weight is 278 g/mol. The SMILES string of the molecule is C=CC.C=CC.COCCO.COCCOC(C)=O. The number of carbonyl (C=O) groups excluding carboxylic acids is 1. The summed E-state index contributed by atoms with van der Waals surface area (Å²) in [5.41, 5.74) is 0. The number of carbonyl (C=O) groups is 1. The number of methoxy groups -OCH3 is 2. The highest BCUT2D eigenvalue weighted by molar-refractivity contribution is 5.65. The van der Waals surface area contributed by atoms with E-state index in [1.165, 1.54) is 6.92 Å². The highest BCUT2D eigenvalue weighted by Crippen LogP contribution is 1.74. The molecule has 0 aliphatic heterocycles. The molecule has 0 saturated heterocycles. The summed E-state index contributed by atoms with van der Waals surface area (Å²) in [7, 11) is 3.11. The monoisotopic (exact) mass is 278 g/mol. The molecule has 5 nitrogen and oxygen atoms in total. The van der Waals surface area contributed by atoms with Gasteiger partial charge in [0.05, 0.1) is 19.8 Å². The Hall–Kier alpha value is -1.17. The predicted molar refractivity (Wildman–Crippen MR) is 79.2 cm³/mol. The lowest BCUT2D eigenvalue weighted by molar-refractivity contribution is -0.142. The van der Waals surface area contributed by atoms with E-state index >= 15 is 0 Å². The summed E-state index contributed by atoms with van der Waals surface area (Å²) in [5, 5.41) is 7.94. The van der Waals surface area contributed by atoms with E-state index in [9.17, 15) is 4.79 Å². The zero-order valence-corrected chi connectivity index (χ0v) is 13.0. The first-order valence-corrected chi connectivity index (χ1v) is 5.88. The molecule has 0 spiro atoms. The van der Waals surface area contributed by atoms with Crippen molar-refractivity contribution in [2.24, 2.45) is 0 Å². The molecule has 0 rings (SSSR count). The Labute approximate surface area is 117 Å². The Bertz CT molecular complexity index is 161. The lowest BCUT2D eigenvalue weighted by Crippen LogP contribution is -2.05. The van der Waals surface area contributed by atoms with Gasteiger partial charge in [-0.05, 0) is 13.8 Å². The third kappa shape index (κ3) is 109. The molecule has 0 aliphatic carbocycles. The second-order valence-corrected chi connectivity index (χ2v) is 2.87. The van der Waals surface area contributed by atoms with Crippen molar-refractivity contribution in [3.63, 3.8) is 0 Å². The van der Waals surface area contributed by atoms with E-state index in [4.69, 9.17) is 5.11 Å². The summed E-state index contributed by atoms with van der Waals surface area (Å²) in [6, 6.07) is 0. The molecule has 0 bridgehead atoms. The van der Waals surface area contributed by atoms with Gasteiger partial charge in [0, 0.05) is 21.1 Å². The van der Waals surface area contributed by atoms with Crippen LogP contribution in [-0.4, -0.2) is 51.7 Å². The molecular weight excluding hydrogens is 248 g/mol. The van der Waals surface area contributed by atoms with Crippen molar-refractivity contribution in [3.05, 3.63) is 25.3 Å². The number of esters is 1. The molecule has 0 aromatic heterocycles. The Balaban J connectivity index is -0.0000000879. The smallest absolute Gasteiger partial charge is 0.302 e. The number of hydrogen-bond donors (Lipinski definition) is 1. The molecule has 1 N–H and O–H groups in total. The van der Waals surface area contributed by atoms with Crippen LogP contribution in [0.2, 0.25) is 0 Å². The van der Waals surface area contributed by atoms with Crippen LogP contribution in [-0.2, 0) is 19.0 Å². The van der Waals surface area contributed by atoms with Crippen molar-refractivity contribution in [2.45, 2.75) is 20.8 Å². The maximum atomic E-state index is 10.0. The van der Waals surface area contributed by atoms with Crippen molar-refractivity contribution in [3.8, 4) is 0 Å². The summed E-state index contributed by atoms with van der Waals surface area (Å²) in [6.45, 7) is 13.3. The molecule has 0 aromatic carbocycles. The predicted octanol–water partition coefficient (Wildman–Crippen LogP) is 2.21. The van der Waals surface area contributed by atoms with E-state index in [0.29, 0.717) is 19.8 Å². The van der Waals surface area contributed by atoms with Gasteiger partial charge in [0.1, 0.15) is 6.61 Å². The van der Waals surface area contributed by atoms with Gasteiger partial charge in [0.25, 0.3) is 0 Å². The van der Waals surface area contributed by atoms with Crippen LogP contribution in [0.3, 0.4) is 0 Å². The molecule has 5 heteroatoms. The van der Waals surface area contributed by atoms with Gasteiger partial charge < -0.3 is 19.3 Å². The maximum Gasteiger partial charge on any atom is 0.302 e. The molecule has 0 unspecified atom stereocenters. The molecule has 0 amide bonds. The fraction of sp³-hybridized carbons (Fsp3) is 0.643. The molecule has 0 aromatic rings. The van der Waals surface area contributed by atoms with Crippen molar-refractivity contribution in [2.75, 3.05) is 40.6 Å². The summed E-state index contributed by atoms with van der Waals surface area (Å²) in [5.74, 6) is -0.262. The lowest BCUT2D eigenvalue weighted by Gasteiger charge is -1.97. The normalized spacial score (nSPS) is 7.26. The van der Waals surface area contributed by atoms with E-state index in [0.717, 1.165) is 0 Å². The van der Waals surface area contributed by atoms with Gasteiger partial charge in [-0.3, -0.25) is 4.79 Å². The van der Waals surface area contributed by atoms with Crippen LogP contribution in [0.15, 0.2) is 25.3 Å². The van der Waals surface area contributed by atoms with Gasteiger partial charge in [0.2, 0.25) is 0 Å². The number of ether oxygens (including phenoxy) is 3. The van der Waals surface area contributed by atoms with Gasteiger partial charge in [-0.2, -0.15) is 0 Å². The zero-order valence-electron chi connectivity index (χ0n) is 13.0. The second kappa shape index (κ2) is 36.0. The van der Waals surface area contributed by atoms with Crippen LogP contribution in [0.4, 0.5) is 0 Å². The van der Waals surface area contributed by atoms with Crippen LogP contribution >= 0.6 is 0 Å². The molecule has 19 heavy (non-hydrogen) atoms. The van der Waals surface area contributed by atoms with Crippen molar-refractivity contribution in [1.29, 1.82) is 0 Å². The van der Waals surface area contributed by atoms with Crippen LogP contribution in [0.5, 0.6) is 0 Å². The topological polar surface area (TPSA) is 65.0 Å². The fourth-order valence-corrected chi connectivity index (χ4v) is 0.360. The van der Waals surface area contributed by atoms with Gasteiger partial charge in [-0.25, -0.2) is 0 Å². The van der Waals surface area contributed by atoms with Crippen LogP contribution < -0.4 is 0 Å². The first-order valence-electron chi connectivity index (χ1n) is 5.88. The minimum atomic E-state index is -0.262. The van der Waals surface area contributed by atoms with Crippen LogP contribution in [0.25, 0.3) is 0 Å². The third-order valence-electron chi connectivity index (χ3n) is 0.888. The van der Waals surface area contributed by atoms with Gasteiger partial charge in [-0.15, -0.1) is 13.2 Å². The van der Waals surface area contributed by atoms with Gasteiger partial charge in [-0.1, -0.05) is 12.2 Å². The minimum absolute atomic E-state index is 0.122. The highest BCUT2D eigenvalue weighted by Gasteiger charge is 1.88. The minimum Gasteiger partial charge on any atom is -0.463 e. The lowest BCUT2D eigenvalue weighted by atomic mass is 10.7. The quantitative estimate of drug-likeness (QED) is 0.474. The van der Waals surface area contributed by atoms with Crippen molar-refractivity contribution in [1.82, 2.24) is 0 Å². The van der Waals surface area contributed by atoms with E-state index in [2.05, 4.69) is 27.4 Å². The number of aliphatic hydroxyl groups is 1. The average Bonchev–Trinajstić information content (AvgIpc) is 2.33. The molecule has 0 fully saturated rings. The number of rotatable bonds is 5. The molecule has 0 radical (unpaired) electrons. The van der Waals surface area contributed by atoms with E-state index < -0.39 is 0 Å². The molecule has 0 heterocycles. The highest BCUT2D eigenvalue weighted by atomic mass is 16.6. The molecular formula is C14H30O5. The summed E-state index contributed by atoms with van der Waals surface area (Å²) in [6.07, 6.45) is 3.50. The maximum absolute atomic E-state index is 10.0. The number of hydrogen-bond acceptors (Lipinski definition) is 5. The Kier molecular flexibility index (Phi) is 50.0. The molecule has 0 atom stereocenters. The summed E-state index contributed by atoms with van der Waals surface area (Å²) in [4.78, 5) is 10.0. The Morgan fingerprint density at radius 3 is 1.58 bits per heavy atom. The summed E-state index contributed by atoms with van der Waals surface area (Å²) < 4.78 is 13.6. The Morgan fingerprint density at radius 1 is 1.05 bits per heavy atom. The number of aliphatic hydroxyl groups excluding tert-OH is 1. The van der Waals surface area contributed by atoms with Crippen molar-refractivity contribution < 1.29 is 24.1 Å². The first-order chi connectivity index (χ1) is 9.01.